The van der Waals surface area contributed by atoms with E-state index in [1.54, 1.807) is 0 Å². The Morgan fingerprint density at radius 1 is 0.440 bits per heavy atom. The highest BCUT2D eigenvalue weighted by atomic mass is 15.0. The number of pyridine rings is 1. The summed E-state index contributed by atoms with van der Waals surface area (Å²) in [6.45, 7) is 0. The van der Waals surface area contributed by atoms with Gasteiger partial charge in [0.1, 0.15) is 0 Å². The second-order valence-electron chi connectivity index (χ2n) is 13.0. The van der Waals surface area contributed by atoms with Gasteiger partial charge in [0, 0.05) is 63.3 Å². The molecule has 0 spiro atoms. The molecule has 0 fully saturated rings. The first kappa shape index (κ1) is 28.5. The molecule has 0 amide bonds. The van der Waals surface area contributed by atoms with Crippen molar-refractivity contribution in [3.63, 3.8) is 0 Å². The summed E-state index contributed by atoms with van der Waals surface area (Å²) in [6, 6.07) is 53.0. The Morgan fingerprint density at radius 2 is 1.00 bits per heavy atom. The minimum absolute atomic E-state index is 0.974. The van der Waals surface area contributed by atoms with Gasteiger partial charge in [0.25, 0.3) is 0 Å². The average molecular weight is 641 g/mol. The lowest BCUT2D eigenvalue weighted by atomic mass is 9.98. The number of aromatic nitrogens is 3. The topological polar surface area (TPSA) is 35.1 Å². The number of aliphatic imine (C=N–C) groups is 1. The summed E-state index contributed by atoms with van der Waals surface area (Å²) in [4.78, 5) is 8.87. The number of benzene rings is 6. The third kappa shape index (κ3) is 4.61. The van der Waals surface area contributed by atoms with E-state index in [4.69, 9.17) is 0 Å². The smallest absolute Gasteiger partial charge is 0.0541 e. The van der Waals surface area contributed by atoms with Gasteiger partial charge in [0.15, 0.2) is 0 Å². The van der Waals surface area contributed by atoms with Gasteiger partial charge in [-0.05, 0) is 107 Å². The van der Waals surface area contributed by atoms with E-state index in [1.807, 2.05) is 30.9 Å². The van der Waals surface area contributed by atoms with Crippen LogP contribution in [-0.2, 0) is 0 Å². The van der Waals surface area contributed by atoms with E-state index >= 15 is 0 Å². The molecule has 0 saturated carbocycles. The lowest BCUT2D eigenvalue weighted by Gasteiger charge is -2.13. The molecule has 0 N–H and O–H groups in total. The van der Waals surface area contributed by atoms with E-state index in [0.29, 0.717) is 0 Å². The summed E-state index contributed by atoms with van der Waals surface area (Å²) in [5.74, 6) is 0. The molecule has 3 aromatic heterocycles. The Bertz CT molecular complexity index is 2760. The van der Waals surface area contributed by atoms with Gasteiger partial charge >= 0.3 is 0 Å². The molecule has 4 nitrogen and oxygen atoms in total. The van der Waals surface area contributed by atoms with Gasteiger partial charge in [-0.1, -0.05) is 78.9 Å². The molecule has 4 heteroatoms. The van der Waals surface area contributed by atoms with Crippen molar-refractivity contribution in [2.45, 2.75) is 12.8 Å². The van der Waals surface area contributed by atoms with E-state index in [-0.39, 0.29) is 0 Å². The van der Waals surface area contributed by atoms with Crippen molar-refractivity contribution in [2.75, 3.05) is 0 Å². The molecule has 0 aliphatic carbocycles. The zero-order valence-electron chi connectivity index (χ0n) is 27.4. The minimum Gasteiger partial charge on any atom is -0.309 e. The van der Waals surface area contributed by atoms with Crippen molar-refractivity contribution in [3.05, 3.63) is 170 Å². The third-order valence-electron chi connectivity index (χ3n) is 10.1. The monoisotopic (exact) mass is 640 g/mol. The highest BCUT2D eigenvalue weighted by molar-refractivity contribution is 6.12. The lowest BCUT2D eigenvalue weighted by molar-refractivity contribution is 1.10. The van der Waals surface area contributed by atoms with Gasteiger partial charge in [-0.3, -0.25) is 9.98 Å². The van der Waals surface area contributed by atoms with E-state index < -0.39 is 0 Å². The maximum atomic E-state index is 4.47. The normalized spacial score (nSPS) is 13.1. The second kappa shape index (κ2) is 11.6. The van der Waals surface area contributed by atoms with Crippen molar-refractivity contribution in [3.8, 4) is 33.6 Å². The fraction of sp³-hybridized carbons (Fsp3) is 0.0435. The zero-order chi connectivity index (χ0) is 33.0. The summed E-state index contributed by atoms with van der Waals surface area (Å²) < 4.78 is 4.80. The molecule has 0 radical (unpaired) electrons. The molecule has 1 aliphatic heterocycles. The Balaban J connectivity index is 1.14. The predicted molar refractivity (Wildman–Crippen MR) is 209 cm³/mol. The fourth-order valence-corrected chi connectivity index (χ4v) is 7.78. The Labute approximate surface area is 289 Å². The van der Waals surface area contributed by atoms with E-state index in [1.165, 1.54) is 65.9 Å². The summed E-state index contributed by atoms with van der Waals surface area (Å²) >= 11 is 0. The molecule has 9 aromatic rings. The maximum Gasteiger partial charge on any atom is 0.0541 e. The zero-order valence-corrected chi connectivity index (χ0v) is 27.4. The molecule has 0 unspecified atom stereocenters. The van der Waals surface area contributed by atoms with Crippen LogP contribution in [0.25, 0.3) is 82.8 Å². The standard InChI is InChI=1S/C46H32N4/c1-3-17-43-39(15-1)40-16-2-4-18-44(40)49(43)37-13-5-9-31(25-37)32-10-6-14-38(26-32)50-45-21-19-33(35-11-7-23-47-29-35)27-41(45)42-28-34(20-22-46(42)50)36-12-8-24-48-30-36/h1-7,9-11,13-30H,8,12H2. The fourth-order valence-electron chi connectivity index (χ4n) is 7.78. The molecule has 0 saturated heterocycles. The van der Waals surface area contributed by atoms with Crippen molar-refractivity contribution in [1.82, 2.24) is 14.1 Å². The number of fused-ring (bicyclic) bond motifs is 6. The Hall–Kier alpha value is -6.52. The number of hydrogen-bond acceptors (Lipinski definition) is 2. The summed E-state index contributed by atoms with van der Waals surface area (Å²) in [5, 5.41) is 4.99. The molecule has 236 valence electrons. The van der Waals surface area contributed by atoms with E-state index in [0.717, 1.165) is 35.3 Å². The minimum atomic E-state index is 0.974. The van der Waals surface area contributed by atoms with Crippen LogP contribution < -0.4 is 0 Å². The number of allylic oxidation sites excluding steroid dienone is 1. The van der Waals surface area contributed by atoms with Crippen molar-refractivity contribution in [2.24, 2.45) is 4.99 Å². The summed E-state index contributed by atoms with van der Waals surface area (Å²) in [6.07, 6.45) is 9.76. The highest BCUT2D eigenvalue weighted by Crippen LogP contribution is 2.38. The van der Waals surface area contributed by atoms with Crippen molar-refractivity contribution in [1.29, 1.82) is 0 Å². The maximum absolute atomic E-state index is 4.47. The number of para-hydroxylation sites is 2. The first-order valence-electron chi connectivity index (χ1n) is 17.2. The summed E-state index contributed by atoms with van der Waals surface area (Å²) in [5.41, 5.74) is 14.2. The van der Waals surface area contributed by atoms with Crippen LogP contribution >= 0.6 is 0 Å². The van der Waals surface area contributed by atoms with Crippen molar-refractivity contribution >= 4 is 55.4 Å². The number of nitrogens with zero attached hydrogens (tertiary/aromatic N) is 4. The lowest BCUT2D eigenvalue weighted by Crippen LogP contribution is -1.96. The molecular weight excluding hydrogens is 609 g/mol. The SMILES string of the molecule is C1=NC=C(c2ccc3c(c2)c2cc(-c4cccnc4)ccc2n3-c2cccc(-c3cccc(-n4c5ccccc5c5ccccc54)c3)c2)CC1. The van der Waals surface area contributed by atoms with Gasteiger partial charge in [0.05, 0.1) is 22.1 Å². The molecular formula is C46H32N4. The van der Waals surface area contributed by atoms with Crippen LogP contribution in [0.4, 0.5) is 0 Å². The Kier molecular flexibility index (Phi) is 6.59. The van der Waals surface area contributed by atoms with Gasteiger partial charge in [-0.15, -0.1) is 0 Å². The van der Waals surface area contributed by atoms with E-state index in [2.05, 4.69) is 159 Å². The molecule has 4 heterocycles. The molecule has 1 aliphatic rings. The van der Waals surface area contributed by atoms with Crippen LogP contribution in [0.15, 0.2) is 169 Å². The number of hydrogen-bond donors (Lipinski definition) is 0. The van der Waals surface area contributed by atoms with Crippen LogP contribution in [-0.4, -0.2) is 20.3 Å². The molecule has 6 aromatic carbocycles. The summed E-state index contributed by atoms with van der Waals surface area (Å²) in [7, 11) is 0. The van der Waals surface area contributed by atoms with Crippen LogP contribution in [0.5, 0.6) is 0 Å². The third-order valence-corrected chi connectivity index (χ3v) is 10.1. The first-order valence-corrected chi connectivity index (χ1v) is 17.2. The average Bonchev–Trinajstić information content (AvgIpc) is 3.71. The molecule has 10 rings (SSSR count). The molecule has 0 atom stereocenters. The second-order valence-corrected chi connectivity index (χ2v) is 13.0. The van der Waals surface area contributed by atoms with Crippen LogP contribution in [0.3, 0.4) is 0 Å². The van der Waals surface area contributed by atoms with Crippen molar-refractivity contribution < 1.29 is 0 Å². The predicted octanol–water partition coefficient (Wildman–Crippen LogP) is 11.8. The van der Waals surface area contributed by atoms with Gasteiger partial charge in [-0.25, -0.2) is 0 Å². The van der Waals surface area contributed by atoms with Crippen LogP contribution in [0, 0.1) is 0 Å². The van der Waals surface area contributed by atoms with Gasteiger partial charge in [-0.2, -0.15) is 0 Å². The van der Waals surface area contributed by atoms with Crippen LogP contribution in [0.1, 0.15) is 18.4 Å². The van der Waals surface area contributed by atoms with Gasteiger partial charge < -0.3 is 9.13 Å². The Morgan fingerprint density at radius 3 is 1.60 bits per heavy atom. The number of rotatable bonds is 5. The molecule has 0 bridgehead atoms. The molecule has 50 heavy (non-hydrogen) atoms. The van der Waals surface area contributed by atoms with Gasteiger partial charge in [0.2, 0.25) is 0 Å². The highest BCUT2D eigenvalue weighted by Gasteiger charge is 2.17. The first-order chi connectivity index (χ1) is 24.8. The van der Waals surface area contributed by atoms with E-state index in [9.17, 15) is 0 Å². The van der Waals surface area contributed by atoms with Crippen LogP contribution in [0.2, 0.25) is 0 Å². The largest absolute Gasteiger partial charge is 0.309 e. The quantitative estimate of drug-likeness (QED) is 0.184.